The zero-order valence-corrected chi connectivity index (χ0v) is 11.7. The molecular formula is C13H13N5O4. The first-order valence-electron chi connectivity index (χ1n) is 6.56. The van der Waals surface area contributed by atoms with Gasteiger partial charge in [-0.2, -0.15) is 5.10 Å². The second-order valence-corrected chi connectivity index (χ2v) is 4.81. The van der Waals surface area contributed by atoms with Gasteiger partial charge < -0.3 is 14.6 Å². The topological polar surface area (TPSA) is 121 Å². The second kappa shape index (κ2) is 5.43. The van der Waals surface area contributed by atoms with Crippen molar-refractivity contribution in [3.8, 4) is 0 Å². The van der Waals surface area contributed by atoms with Crippen LogP contribution in [0.5, 0.6) is 0 Å². The molecule has 2 aromatic rings. The maximum Gasteiger partial charge on any atom is 0.329 e. The molecule has 114 valence electrons. The lowest BCUT2D eigenvalue weighted by atomic mass is 10.0. The Labute approximate surface area is 124 Å². The summed E-state index contributed by atoms with van der Waals surface area (Å²) in [7, 11) is 1.27. The number of carbonyl (C=O) groups is 2. The highest BCUT2D eigenvalue weighted by molar-refractivity contribution is 5.95. The van der Waals surface area contributed by atoms with Gasteiger partial charge in [0.1, 0.15) is 11.7 Å². The van der Waals surface area contributed by atoms with Gasteiger partial charge >= 0.3 is 5.97 Å². The van der Waals surface area contributed by atoms with Crippen molar-refractivity contribution < 1.29 is 14.3 Å². The zero-order valence-electron chi connectivity index (χ0n) is 11.7. The molecular weight excluding hydrogens is 290 g/mol. The van der Waals surface area contributed by atoms with Crippen LogP contribution in [0.3, 0.4) is 0 Å². The molecule has 3 heterocycles. The standard InChI is InChI=1S/C13H13N5O4/c1-22-13(21)10-4-8-9(15-6-14-8)5-18(10)12(20)7-2-3-11(19)17-16-7/h2-3,6,10H,4-5H2,1H3,(H,14,15)(H,17,19). The van der Waals surface area contributed by atoms with Gasteiger partial charge in [0.15, 0.2) is 0 Å². The Bertz CT molecular complexity index is 760. The largest absolute Gasteiger partial charge is 0.467 e. The number of imidazole rings is 1. The molecule has 9 nitrogen and oxygen atoms in total. The van der Waals surface area contributed by atoms with E-state index in [1.165, 1.54) is 30.5 Å². The van der Waals surface area contributed by atoms with Crippen molar-refractivity contribution in [2.24, 2.45) is 0 Å². The Hall–Kier alpha value is -2.97. The maximum absolute atomic E-state index is 12.6. The van der Waals surface area contributed by atoms with Crippen LogP contribution in [-0.2, 0) is 22.5 Å². The van der Waals surface area contributed by atoms with Gasteiger partial charge in [-0.15, -0.1) is 0 Å². The van der Waals surface area contributed by atoms with Crippen molar-refractivity contribution >= 4 is 11.9 Å². The third kappa shape index (κ3) is 2.36. The van der Waals surface area contributed by atoms with Crippen molar-refractivity contribution in [3.63, 3.8) is 0 Å². The van der Waals surface area contributed by atoms with E-state index in [0.29, 0.717) is 0 Å². The summed E-state index contributed by atoms with van der Waals surface area (Å²) < 4.78 is 4.77. The molecule has 2 N–H and O–H groups in total. The normalized spacial score (nSPS) is 17.0. The smallest absolute Gasteiger partial charge is 0.329 e. The Morgan fingerprint density at radius 3 is 2.91 bits per heavy atom. The van der Waals surface area contributed by atoms with Crippen LogP contribution in [0.25, 0.3) is 0 Å². The highest BCUT2D eigenvalue weighted by Crippen LogP contribution is 2.22. The van der Waals surface area contributed by atoms with Crippen LogP contribution in [0.1, 0.15) is 21.9 Å². The molecule has 0 aliphatic carbocycles. The van der Waals surface area contributed by atoms with E-state index in [1.807, 2.05) is 0 Å². The number of hydrogen-bond acceptors (Lipinski definition) is 6. The van der Waals surface area contributed by atoms with E-state index in [0.717, 1.165) is 11.4 Å². The lowest BCUT2D eigenvalue weighted by molar-refractivity contribution is -0.146. The lowest BCUT2D eigenvalue weighted by Gasteiger charge is -2.32. The summed E-state index contributed by atoms with van der Waals surface area (Å²) in [6.07, 6.45) is 1.78. The summed E-state index contributed by atoms with van der Waals surface area (Å²) in [6.45, 7) is 0.189. The van der Waals surface area contributed by atoms with Crippen LogP contribution in [0, 0.1) is 0 Å². The van der Waals surface area contributed by atoms with Crippen molar-refractivity contribution in [1.29, 1.82) is 0 Å². The monoisotopic (exact) mass is 303 g/mol. The predicted molar refractivity (Wildman–Crippen MR) is 72.8 cm³/mol. The average Bonchev–Trinajstić information content (AvgIpc) is 3.00. The van der Waals surface area contributed by atoms with Crippen LogP contribution >= 0.6 is 0 Å². The molecule has 0 aromatic carbocycles. The van der Waals surface area contributed by atoms with Gasteiger partial charge in [-0.3, -0.25) is 9.59 Å². The van der Waals surface area contributed by atoms with E-state index in [2.05, 4.69) is 20.2 Å². The number of aromatic amines is 2. The average molecular weight is 303 g/mol. The summed E-state index contributed by atoms with van der Waals surface area (Å²) in [6, 6.07) is 1.75. The summed E-state index contributed by atoms with van der Waals surface area (Å²) in [5, 5.41) is 5.91. The fraction of sp³-hybridized carbons (Fsp3) is 0.308. The molecule has 2 aromatic heterocycles. The van der Waals surface area contributed by atoms with Crippen LogP contribution < -0.4 is 5.56 Å². The molecule has 0 saturated carbocycles. The molecule has 0 saturated heterocycles. The quantitative estimate of drug-likeness (QED) is 0.703. The van der Waals surface area contributed by atoms with E-state index in [4.69, 9.17) is 4.74 Å². The zero-order chi connectivity index (χ0) is 15.7. The first kappa shape index (κ1) is 14.0. The number of nitrogens with one attached hydrogen (secondary N) is 2. The summed E-state index contributed by atoms with van der Waals surface area (Å²) in [5.74, 6) is -0.988. The molecule has 1 aliphatic heterocycles. The van der Waals surface area contributed by atoms with E-state index >= 15 is 0 Å². The molecule has 9 heteroatoms. The number of carbonyl (C=O) groups excluding carboxylic acids is 2. The molecule has 1 amide bonds. The van der Waals surface area contributed by atoms with E-state index in [9.17, 15) is 14.4 Å². The highest BCUT2D eigenvalue weighted by Gasteiger charge is 2.37. The number of ether oxygens (including phenoxy) is 1. The molecule has 0 bridgehead atoms. The van der Waals surface area contributed by atoms with Crippen LogP contribution in [-0.4, -0.2) is 50.1 Å². The third-order valence-electron chi connectivity index (χ3n) is 3.53. The Morgan fingerprint density at radius 2 is 2.23 bits per heavy atom. The molecule has 1 unspecified atom stereocenters. The van der Waals surface area contributed by atoms with Crippen LogP contribution in [0.2, 0.25) is 0 Å². The number of H-pyrrole nitrogens is 2. The van der Waals surface area contributed by atoms with E-state index in [-0.39, 0.29) is 18.7 Å². The van der Waals surface area contributed by atoms with E-state index in [1.54, 1.807) is 0 Å². The van der Waals surface area contributed by atoms with Crippen molar-refractivity contribution in [1.82, 2.24) is 25.1 Å². The van der Waals surface area contributed by atoms with Gasteiger partial charge in [-0.05, 0) is 6.07 Å². The Morgan fingerprint density at radius 1 is 1.41 bits per heavy atom. The molecule has 0 spiro atoms. The number of fused-ring (bicyclic) bond motifs is 1. The van der Waals surface area contributed by atoms with Crippen molar-refractivity contribution in [3.05, 3.63) is 45.9 Å². The second-order valence-electron chi connectivity index (χ2n) is 4.81. The molecule has 3 rings (SSSR count). The van der Waals surface area contributed by atoms with Crippen LogP contribution in [0.15, 0.2) is 23.3 Å². The number of hydrogen-bond donors (Lipinski definition) is 2. The third-order valence-corrected chi connectivity index (χ3v) is 3.53. The SMILES string of the molecule is COC(=O)C1Cc2nc[nH]c2CN1C(=O)c1ccc(=O)[nH]n1. The number of esters is 1. The highest BCUT2D eigenvalue weighted by atomic mass is 16.5. The van der Waals surface area contributed by atoms with Gasteiger partial charge in [0, 0.05) is 12.5 Å². The van der Waals surface area contributed by atoms with Gasteiger partial charge in [-0.1, -0.05) is 0 Å². The molecule has 0 radical (unpaired) electrons. The fourth-order valence-electron chi connectivity index (χ4n) is 2.41. The van der Waals surface area contributed by atoms with Gasteiger partial charge in [0.2, 0.25) is 0 Å². The number of methoxy groups -OCH3 is 1. The van der Waals surface area contributed by atoms with E-state index < -0.39 is 23.5 Å². The predicted octanol–water partition coefficient (Wildman–Crippen LogP) is -0.767. The van der Waals surface area contributed by atoms with Gasteiger partial charge in [0.25, 0.3) is 11.5 Å². The lowest BCUT2D eigenvalue weighted by Crippen LogP contribution is -2.49. The van der Waals surface area contributed by atoms with Gasteiger partial charge in [-0.25, -0.2) is 14.9 Å². The maximum atomic E-state index is 12.6. The number of rotatable bonds is 2. The Kier molecular flexibility index (Phi) is 3.45. The first-order valence-corrected chi connectivity index (χ1v) is 6.56. The summed E-state index contributed by atoms with van der Waals surface area (Å²) in [5.41, 5.74) is 1.14. The molecule has 1 aliphatic rings. The minimum Gasteiger partial charge on any atom is -0.467 e. The minimum atomic E-state index is -0.776. The number of amides is 1. The van der Waals surface area contributed by atoms with Gasteiger partial charge in [0.05, 0.1) is 31.4 Å². The minimum absolute atomic E-state index is 0.0523. The van der Waals surface area contributed by atoms with Crippen LogP contribution in [0.4, 0.5) is 0 Å². The number of aromatic nitrogens is 4. The molecule has 22 heavy (non-hydrogen) atoms. The van der Waals surface area contributed by atoms with Crippen molar-refractivity contribution in [2.75, 3.05) is 7.11 Å². The van der Waals surface area contributed by atoms with Crippen molar-refractivity contribution in [2.45, 2.75) is 19.0 Å². The molecule has 1 atom stereocenters. The first-order chi connectivity index (χ1) is 10.6. The fourth-order valence-corrected chi connectivity index (χ4v) is 2.41. The molecule has 0 fully saturated rings. The summed E-state index contributed by atoms with van der Waals surface area (Å²) >= 11 is 0. The number of nitrogens with zero attached hydrogens (tertiary/aromatic N) is 3. The summed E-state index contributed by atoms with van der Waals surface area (Å²) in [4.78, 5) is 44.0. The Balaban J connectivity index is 1.95.